The molecule has 2 aromatic rings. The van der Waals surface area contributed by atoms with Crippen molar-refractivity contribution < 1.29 is 14.6 Å². The summed E-state index contributed by atoms with van der Waals surface area (Å²) in [6.07, 6.45) is 0. The summed E-state index contributed by atoms with van der Waals surface area (Å²) in [5.74, 6) is -0.476. The molecule has 1 aromatic carbocycles. The van der Waals surface area contributed by atoms with Gasteiger partial charge in [-0.05, 0) is 13.0 Å². The zero-order valence-electron chi connectivity index (χ0n) is 7.44. The van der Waals surface area contributed by atoms with Crippen molar-refractivity contribution in [2.75, 3.05) is 0 Å². The summed E-state index contributed by atoms with van der Waals surface area (Å²) in [4.78, 5) is 10.9. The lowest BCUT2D eigenvalue weighted by molar-refractivity contribution is 0.401. The minimum Gasteiger partial charge on any atom is -0.504 e. The van der Waals surface area contributed by atoms with E-state index in [1.165, 1.54) is 12.1 Å². The van der Waals surface area contributed by atoms with Crippen molar-refractivity contribution in [2.45, 2.75) is 6.92 Å². The first kappa shape index (κ1) is 8.62. The van der Waals surface area contributed by atoms with Gasteiger partial charge in [-0.1, -0.05) is 0 Å². The highest BCUT2D eigenvalue weighted by Gasteiger charge is 2.09. The van der Waals surface area contributed by atoms with E-state index < -0.39 is 5.63 Å². The molecule has 0 spiro atoms. The third-order valence-electron chi connectivity index (χ3n) is 2.13. The fourth-order valence-corrected chi connectivity index (χ4v) is 1.36. The molecule has 0 aliphatic rings. The predicted molar refractivity (Wildman–Crippen MR) is 50.6 cm³/mol. The van der Waals surface area contributed by atoms with Gasteiger partial charge in [0.05, 0.1) is 0 Å². The molecule has 0 aliphatic carbocycles. The number of hydrogen-bond acceptors (Lipinski definition) is 4. The van der Waals surface area contributed by atoms with Gasteiger partial charge in [-0.15, -0.1) is 0 Å². The van der Waals surface area contributed by atoms with Crippen LogP contribution in [0, 0.1) is 6.92 Å². The Morgan fingerprint density at radius 1 is 1.29 bits per heavy atom. The average molecular weight is 192 g/mol. The van der Waals surface area contributed by atoms with E-state index in [0.717, 1.165) is 0 Å². The molecule has 0 amide bonds. The number of rotatable bonds is 0. The van der Waals surface area contributed by atoms with E-state index in [0.29, 0.717) is 10.9 Å². The van der Waals surface area contributed by atoms with Gasteiger partial charge in [0.2, 0.25) is 0 Å². The second-order valence-corrected chi connectivity index (χ2v) is 3.04. The summed E-state index contributed by atoms with van der Waals surface area (Å²) in [5.41, 5.74) is 0.274. The van der Waals surface area contributed by atoms with Gasteiger partial charge in [0.25, 0.3) is 0 Å². The summed E-state index contributed by atoms with van der Waals surface area (Å²) in [7, 11) is 0. The summed E-state index contributed by atoms with van der Waals surface area (Å²) >= 11 is 0. The van der Waals surface area contributed by atoms with E-state index in [2.05, 4.69) is 0 Å². The van der Waals surface area contributed by atoms with Crippen LogP contribution in [0.5, 0.6) is 11.5 Å². The second-order valence-electron chi connectivity index (χ2n) is 3.04. The van der Waals surface area contributed by atoms with Gasteiger partial charge >= 0.3 is 5.63 Å². The highest BCUT2D eigenvalue weighted by atomic mass is 16.4. The molecule has 1 aromatic heterocycles. The van der Waals surface area contributed by atoms with Crippen molar-refractivity contribution in [1.29, 1.82) is 0 Å². The molecule has 2 N–H and O–H groups in total. The van der Waals surface area contributed by atoms with E-state index in [1.807, 2.05) is 0 Å². The van der Waals surface area contributed by atoms with Crippen molar-refractivity contribution in [3.05, 3.63) is 34.2 Å². The number of fused-ring (bicyclic) bond motifs is 1. The van der Waals surface area contributed by atoms with Crippen LogP contribution in [0.15, 0.2) is 27.4 Å². The number of phenols is 2. The van der Waals surface area contributed by atoms with Crippen LogP contribution < -0.4 is 5.63 Å². The normalized spacial score (nSPS) is 10.6. The van der Waals surface area contributed by atoms with Crippen molar-refractivity contribution in [3.8, 4) is 11.5 Å². The van der Waals surface area contributed by atoms with E-state index in [4.69, 9.17) is 4.42 Å². The van der Waals surface area contributed by atoms with Gasteiger partial charge in [0, 0.05) is 23.1 Å². The molecular formula is C10H8O4. The standard InChI is InChI=1S/C10H8O4/c1-5-6-2-3-9(12)14-8(6)4-7(11)10(5)13/h2-4,11,13H,1H3. The lowest BCUT2D eigenvalue weighted by Crippen LogP contribution is -1.95. The molecular weight excluding hydrogens is 184 g/mol. The molecule has 1 heterocycles. The molecule has 0 bridgehead atoms. The lowest BCUT2D eigenvalue weighted by atomic mass is 10.1. The quantitative estimate of drug-likeness (QED) is 0.490. The molecule has 72 valence electrons. The van der Waals surface area contributed by atoms with Crippen LogP contribution in [0.3, 0.4) is 0 Å². The molecule has 4 heteroatoms. The van der Waals surface area contributed by atoms with Crippen LogP contribution in [0.25, 0.3) is 11.0 Å². The van der Waals surface area contributed by atoms with Crippen molar-refractivity contribution in [3.63, 3.8) is 0 Å². The Kier molecular flexibility index (Phi) is 1.70. The molecule has 0 saturated carbocycles. The van der Waals surface area contributed by atoms with Gasteiger partial charge < -0.3 is 14.6 Å². The minimum absolute atomic E-state index is 0.189. The third-order valence-corrected chi connectivity index (χ3v) is 2.13. The van der Waals surface area contributed by atoms with Gasteiger partial charge in [0.1, 0.15) is 5.58 Å². The van der Waals surface area contributed by atoms with E-state index in [-0.39, 0.29) is 17.1 Å². The largest absolute Gasteiger partial charge is 0.504 e. The minimum atomic E-state index is -0.484. The maximum Gasteiger partial charge on any atom is 0.336 e. The fourth-order valence-electron chi connectivity index (χ4n) is 1.36. The maximum atomic E-state index is 10.9. The molecule has 0 saturated heterocycles. The Bertz CT molecular complexity index is 554. The fraction of sp³-hybridized carbons (Fsp3) is 0.100. The van der Waals surface area contributed by atoms with E-state index in [9.17, 15) is 15.0 Å². The van der Waals surface area contributed by atoms with Gasteiger partial charge in [-0.3, -0.25) is 0 Å². The Morgan fingerprint density at radius 2 is 2.00 bits per heavy atom. The average Bonchev–Trinajstić information content (AvgIpc) is 2.14. The van der Waals surface area contributed by atoms with Crippen LogP contribution >= 0.6 is 0 Å². The lowest BCUT2D eigenvalue weighted by Gasteiger charge is -2.04. The number of aryl methyl sites for hydroxylation is 1. The molecule has 0 radical (unpaired) electrons. The molecule has 0 atom stereocenters. The Hall–Kier alpha value is -1.97. The maximum absolute atomic E-state index is 10.9. The highest BCUT2D eigenvalue weighted by molar-refractivity contribution is 5.84. The first-order chi connectivity index (χ1) is 6.59. The molecule has 4 nitrogen and oxygen atoms in total. The molecule has 0 unspecified atom stereocenters. The van der Waals surface area contributed by atoms with Crippen LogP contribution in [0.4, 0.5) is 0 Å². The molecule has 0 aliphatic heterocycles. The highest BCUT2D eigenvalue weighted by Crippen LogP contribution is 2.34. The predicted octanol–water partition coefficient (Wildman–Crippen LogP) is 1.51. The van der Waals surface area contributed by atoms with Crippen LogP contribution in [0.2, 0.25) is 0 Å². The molecule has 0 fully saturated rings. The monoisotopic (exact) mass is 192 g/mol. The Morgan fingerprint density at radius 3 is 2.71 bits per heavy atom. The second kappa shape index (κ2) is 2.77. The smallest absolute Gasteiger partial charge is 0.336 e. The van der Waals surface area contributed by atoms with Crippen molar-refractivity contribution in [2.24, 2.45) is 0 Å². The number of aromatic hydroxyl groups is 2. The number of phenolic OH excluding ortho intramolecular Hbond substituents is 2. The first-order valence-electron chi connectivity index (χ1n) is 4.05. The van der Waals surface area contributed by atoms with Gasteiger partial charge in [-0.2, -0.15) is 0 Å². The summed E-state index contributed by atoms with van der Waals surface area (Å²) in [5, 5.41) is 19.3. The SMILES string of the molecule is Cc1c(O)c(O)cc2oc(=O)ccc12. The van der Waals surface area contributed by atoms with E-state index in [1.54, 1.807) is 13.0 Å². The van der Waals surface area contributed by atoms with Crippen molar-refractivity contribution in [1.82, 2.24) is 0 Å². The van der Waals surface area contributed by atoms with Crippen LogP contribution in [-0.2, 0) is 0 Å². The zero-order chi connectivity index (χ0) is 10.3. The summed E-state index contributed by atoms with van der Waals surface area (Å²) in [6.45, 7) is 1.64. The van der Waals surface area contributed by atoms with Crippen LogP contribution in [-0.4, -0.2) is 10.2 Å². The molecule has 14 heavy (non-hydrogen) atoms. The van der Waals surface area contributed by atoms with Gasteiger partial charge in [-0.25, -0.2) is 4.79 Å². The first-order valence-corrected chi connectivity index (χ1v) is 4.05. The Labute approximate surface area is 79.0 Å². The summed E-state index contributed by atoms with van der Waals surface area (Å²) in [6, 6.07) is 4.04. The zero-order valence-corrected chi connectivity index (χ0v) is 7.44. The third kappa shape index (κ3) is 1.12. The number of benzene rings is 1. The van der Waals surface area contributed by atoms with Crippen LogP contribution in [0.1, 0.15) is 5.56 Å². The number of hydrogen-bond donors (Lipinski definition) is 2. The Balaban J connectivity index is 2.98. The topological polar surface area (TPSA) is 70.7 Å². The summed E-state index contributed by atoms with van der Waals surface area (Å²) < 4.78 is 4.85. The van der Waals surface area contributed by atoms with E-state index >= 15 is 0 Å². The van der Waals surface area contributed by atoms with Gasteiger partial charge in [0.15, 0.2) is 11.5 Å². The van der Waals surface area contributed by atoms with Crippen molar-refractivity contribution >= 4 is 11.0 Å². The molecule has 2 rings (SSSR count).